The lowest BCUT2D eigenvalue weighted by atomic mass is 10.2. The van der Waals surface area contributed by atoms with Gasteiger partial charge in [-0.15, -0.1) is 10.2 Å². The van der Waals surface area contributed by atoms with Crippen LogP contribution in [-0.4, -0.2) is 46.3 Å². The van der Waals surface area contributed by atoms with Crippen LogP contribution in [-0.2, 0) is 16.6 Å². The maximum atomic E-state index is 12.9. The first-order valence-electron chi connectivity index (χ1n) is 9.20. The minimum absolute atomic E-state index is 0.260. The second-order valence-electron chi connectivity index (χ2n) is 6.73. The summed E-state index contributed by atoms with van der Waals surface area (Å²) in [6.07, 6.45) is 0. The van der Waals surface area contributed by atoms with Crippen molar-refractivity contribution in [1.82, 2.24) is 19.1 Å². The van der Waals surface area contributed by atoms with Gasteiger partial charge in [0.2, 0.25) is 10.0 Å². The SMILES string of the molecule is C=C(Cl)CSc1nnc(-c2cccc(S(=O)(=O)N(CC)CC)c2)n1CC(C)C. The van der Waals surface area contributed by atoms with Crippen LogP contribution in [0.3, 0.4) is 0 Å². The van der Waals surface area contributed by atoms with Crippen LogP contribution in [0.1, 0.15) is 27.7 Å². The van der Waals surface area contributed by atoms with Crippen molar-refractivity contribution in [3.63, 3.8) is 0 Å². The van der Waals surface area contributed by atoms with Gasteiger partial charge in [-0.2, -0.15) is 4.31 Å². The molecule has 0 unspecified atom stereocenters. The second-order valence-corrected chi connectivity index (χ2v) is 10.1. The van der Waals surface area contributed by atoms with Gasteiger partial charge >= 0.3 is 0 Å². The molecule has 0 spiro atoms. The van der Waals surface area contributed by atoms with Crippen LogP contribution in [0.15, 0.2) is 45.9 Å². The Morgan fingerprint density at radius 3 is 2.54 bits per heavy atom. The summed E-state index contributed by atoms with van der Waals surface area (Å²) < 4.78 is 29.2. The molecule has 0 bridgehead atoms. The third-order valence-electron chi connectivity index (χ3n) is 4.06. The Balaban J connectivity index is 2.49. The van der Waals surface area contributed by atoms with Gasteiger partial charge in [0.15, 0.2) is 11.0 Å². The van der Waals surface area contributed by atoms with E-state index in [-0.39, 0.29) is 4.90 Å². The number of sulfonamides is 1. The van der Waals surface area contributed by atoms with Crippen LogP contribution in [0.5, 0.6) is 0 Å². The number of halogens is 1. The number of benzene rings is 1. The van der Waals surface area contributed by atoms with Gasteiger partial charge in [-0.05, 0) is 18.1 Å². The molecule has 0 amide bonds. The number of rotatable bonds is 10. The first kappa shape index (κ1) is 22.9. The molecular weight excluding hydrogens is 416 g/mol. The van der Waals surface area contributed by atoms with Crippen molar-refractivity contribution in [2.45, 2.75) is 44.3 Å². The zero-order chi connectivity index (χ0) is 20.9. The standard InChI is InChI=1S/C19H27ClN4O2S2/c1-6-23(7-2)28(25,26)17-10-8-9-16(11-17)18-21-22-19(27-13-15(5)20)24(18)12-14(3)4/h8-11,14H,5-7,12-13H2,1-4H3. The van der Waals surface area contributed by atoms with Crippen molar-refractivity contribution in [2.24, 2.45) is 5.92 Å². The van der Waals surface area contributed by atoms with E-state index in [1.807, 2.05) is 24.5 Å². The van der Waals surface area contributed by atoms with Crippen molar-refractivity contribution in [3.05, 3.63) is 35.9 Å². The monoisotopic (exact) mass is 442 g/mol. The number of nitrogens with zero attached hydrogens (tertiary/aromatic N) is 4. The summed E-state index contributed by atoms with van der Waals surface area (Å²) in [7, 11) is -3.54. The van der Waals surface area contributed by atoms with Crippen LogP contribution in [0.25, 0.3) is 11.4 Å². The van der Waals surface area contributed by atoms with E-state index in [2.05, 4.69) is 30.6 Å². The third-order valence-corrected chi connectivity index (χ3v) is 7.45. The topological polar surface area (TPSA) is 68.1 Å². The normalized spacial score (nSPS) is 12.1. The highest BCUT2D eigenvalue weighted by atomic mass is 35.5. The van der Waals surface area contributed by atoms with E-state index in [1.165, 1.54) is 16.1 Å². The maximum Gasteiger partial charge on any atom is 0.243 e. The van der Waals surface area contributed by atoms with E-state index in [4.69, 9.17) is 11.6 Å². The molecule has 6 nitrogen and oxygen atoms in total. The fourth-order valence-electron chi connectivity index (χ4n) is 2.79. The quantitative estimate of drug-likeness (QED) is 0.507. The molecule has 0 atom stereocenters. The Hall–Kier alpha value is -1.35. The number of thioether (sulfide) groups is 1. The highest BCUT2D eigenvalue weighted by molar-refractivity contribution is 7.99. The summed E-state index contributed by atoms with van der Waals surface area (Å²) in [6, 6.07) is 6.89. The molecule has 2 aromatic rings. The number of hydrogen-bond donors (Lipinski definition) is 0. The maximum absolute atomic E-state index is 12.9. The lowest BCUT2D eigenvalue weighted by Gasteiger charge is -2.19. The first-order valence-corrected chi connectivity index (χ1v) is 12.0. The van der Waals surface area contributed by atoms with E-state index in [1.54, 1.807) is 18.2 Å². The zero-order valence-electron chi connectivity index (χ0n) is 16.7. The zero-order valence-corrected chi connectivity index (χ0v) is 19.1. The second kappa shape index (κ2) is 9.91. The molecule has 1 heterocycles. The van der Waals surface area contributed by atoms with Crippen molar-refractivity contribution in [2.75, 3.05) is 18.8 Å². The van der Waals surface area contributed by atoms with Crippen molar-refractivity contribution in [1.29, 1.82) is 0 Å². The predicted octanol–water partition coefficient (Wildman–Crippen LogP) is 4.48. The molecular formula is C19H27ClN4O2S2. The molecule has 9 heteroatoms. The van der Waals surface area contributed by atoms with Crippen LogP contribution in [0.4, 0.5) is 0 Å². The van der Waals surface area contributed by atoms with E-state index in [0.29, 0.717) is 42.2 Å². The van der Waals surface area contributed by atoms with Crippen LogP contribution < -0.4 is 0 Å². The van der Waals surface area contributed by atoms with Crippen LogP contribution in [0, 0.1) is 5.92 Å². The number of hydrogen-bond acceptors (Lipinski definition) is 5. The van der Waals surface area contributed by atoms with Crippen molar-refractivity contribution >= 4 is 33.4 Å². The van der Waals surface area contributed by atoms with Crippen LogP contribution in [0.2, 0.25) is 0 Å². The molecule has 0 N–H and O–H groups in total. The molecule has 0 saturated carbocycles. The van der Waals surface area contributed by atoms with Gasteiger partial charge < -0.3 is 4.57 Å². The molecule has 0 aliphatic rings. The van der Waals surface area contributed by atoms with Crippen molar-refractivity contribution < 1.29 is 8.42 Å². The summed E-state index contributed by atoms with van der Waals surface area (Å²) in [6.45, 7) is 13.2. The van der Waals surface area contributed by atoms with Gasteiger partial charge in [-0.1, -0.05) is 69.8 Å². The summed E-state index contributed by atoms with van der Waals surface area (Å²) in [5, 5.41) is 9.91. The van der Waals surface area contributed by atoms with Gasteiger partial charge in [-0.3, -0.25) is 0 Å². The van der Waals surface area contributed by atoms with Gasteiger partial charge in [0, 0.05) is 36.0 Å². The molecule has 2 rings (SSSR count). The molecule has 28 heavy (non-hydrogen) atoms. The third kappa shape index (κ3) is 5.37. The summed E-state index contributed by atoms with van der Waals surface area (Å²) in [4.78, 5) is 0.260. The van der Waals surface area contributed by atoms with E-state index in [0.717, 1.165) is 10.7 Å². The predicted molar refractivity (Wildman–Crippen MR) is 116 cm³/mol. The minimum Gasteiger partial charge on any atom is -0.302 e. The van der Waals surface area contributed by atoms with E-state index < -0.39 is 10.0 Å². The van der Waals surface area contributed by atoms with E-state index in [9.17, 15) is 8.42 Å². The van der Waals surface area contributed by atoms with Gasteiger partial charge in [0.1, 0.15) is 0 Å². The van der Waals surface area contributed by atoms with E-state index >= 15 is 0 Å². The van der Waals surface area contributed by atoms with Crippen LogP contribution >= 0.6 is 23.4 Å². The first-order chi connectivity index (χ1) is 13.2. The molecule has 0 radical (unpaired) electrons. The number of aromatic nitrogens is 3. The smallest absolute Gasteiger partial charge is 0.243 e. The summed E-state index contributed by atoms with van der Waals surface area (Å²) in [5.74, 6) is 1.55. The lowest BCUT2D eigenvalue weighted by molar-refractivity contribution is 0.445. The Morgan fingerprint density at radius 2 is 1.96 bits per heavy atom. The van der Waals surface area contributed by atoms with Gasteiger partial charge in [0.05, 0.1) is 4.90 Å². The summed E-state index contributed by atoms with van der Waals surface area (Å²) in [5.41, 5.74) is 0.720. The van der Waals surface area contributed by atoms with Crippen molar-refractivity contribution in [3.8, 4) is 11.4 Å². The lowest BCUT2D eigenvalue weighted by Crippen LogP contribution is -2.30. The Morgan fingerprint density at radius 1 is 1.29 bits per heavy atom. The highest BCUT2D eigenvalue weighted by Crippen LogP contribution is 2.28. The van der Waals surface area contributed by atoms with Gasteiger partial charge in [0.25, 0.3) is 0 Å². The highest BCUT2D eigenvalue weighted by Gasteiger charge is 2.23. The molecule has 0 saturated heterocycles. The fraction of sp³-hybridized carbons (Fsp3) is 0.474. The minimum atomic E-state index is -3.54. The Labute approximate surface area is 177 Å². The Bertz CT molecular complexity index is 922. The molecule has 1 aromatic heterocycles. The fourth-order valence-corrected chi connectivity index (χ4v) is 5.16. The van der Waals surface area contributed by atoms with Gasteiger partial charge in [-0.25, -0.2) is 8.42 Å². The summed E-state index contributed by atoms with van der Waals surface area (Å²) >= 11 is 7.36. The average molecular weight is 443 g/mol. The molecule has 154 valence electrons. The molecule has 0 fully saturated rings. The average Bonchev–Trinajstić information content (AvgIpc) is 3.02. The molecule has 1 aromatic carbocycles. The Kier molecular flexibility index (Phi) is 8.12. The molecule has 0 aliphatic heterocycles. The largest absolute Gasteiger partial charge is 0.302 e. The molecule has 0 aliphatic carbocycles.